The van der Waals surface area contributed by atoms with Crippen molar-refractivity contribution in [3.8, 4) is 0 Å². The second kappa shape index (κ2) is 15.8. The van der Waals surface area contributed by atoms with Crippen LogP contribution in [0.2, 0.25) is 0 Å². The van der Waals surface area contributed by atoms with E-state index in [9.17, 15) is 19.5 Å². The Morgan fingerprint density at radius 3 is 2.37 bits per heavy atom. The molecular weight excluding hydrogens is 652 g/mol. The summed E-state index contributed by atoms with van der Waals surface area (Å²) in [5.41, 5.74) is 3.59. The van der Waals surface area contributed by atoms with Gasteiger partial charge in [-0.05, 0) is 34.9 Å². The van der Waals surface area contributed by atoms with E-state index < -0.39 is 30.2 Å². The molecule has 0 radical (unpaired) electrons. The Labute approximate surface area is 295 Å². The van der Waals surface area contributed by atoms with Gasteiger partial charge in [0.2, 0.25) is 11.9 Å². The molecule has 3 aliphatic rings. The lowest BCUT2D eigenvalue weighted by atomic mass is 9.99. The molecule has 4 atom stereocenters. The van der Waals surface area contributed by atoms with Crippen molar-refractivity contribution in [3.05, 3.63) is 120 Å². The number of alkyl carbamates (subject to hydrolysis) is 1. The molecule has 13 heteroatoms. The molecule has 3 amide bonds. The molecule has 0 spiro atoms. The van der Waals surface area contributed by atoms with Crippen molar-refractivity contribution < 1.29 is 33.7 Å². The van der Waals surface area contributed by atoms with Crippen molar-refractivity contribution in [2.24, 2.45) is 0 Å². The van der Waals surface area contributed by atoms with Crippen LogP contribution in [-0.2, 0) is 37.0 Å². The Balaban J connectivity index is 1.04. The zero-order chi connectivity index (χ0) is 35.2. The number of benzene rings is 3. The number of rotatable bonds is 10. The lowest BCUT2D eigenvalue weighted by molar-refractivity contribution is -0.253. The minimum Gasteiger partial charge on any atom is -0.445 e. The molecular formula is C38H40N6O7. The normalized spacial score (nSPS) is 22.6. The molecule has 3 fully saturated rings. The topological polar surface area (TPSA) is 147 Å². The van der Waals surface area contributed by atoms with Crippen molar-refractivity contribution in [3.63, 3.8) is 0 Å². The van der Waals surface area contributed by atoms with Gasteiger partial charge in [-0.25, -0.2) is 19.7 Å². The Morgan fingerprint density at radius 2 is 1.63 bits per heavy atom. The van der Waals surface area contributed by atoms with Crippen LogP contribution in [0.25, 0.3) is 0 Å². The number of nitrogens with one attached hydrogen (secondary N) is 1. The highest BCUT2D eigenvalue weighted by Gasteiger charge is 2.41. The zero-order valence-corrected chi connectivity index (χ0v) is 28.0. The van der Waals surface area contributed by atoms with E-state index in [1.165, 1.54) is 0 Å². The Bertz CT molecular complexity index is 1800. The number of hydrogen-bond acceptors (Lipinski definition) is 11. The molecule has 3 saturated heterocycles. The molecule has 3 aliphatic heterocycles. The predicted molar refractivity (Wildman–Crippen MR) is 186 cm³/mol. The minimum atomic E-state index is -1.05. The Kier molecular flexibility index (Phi) is 10.6. The van der Waals surface area contributed by atoms with Gasteiger partial charge in [0.05, 0.1) is 30.9 Å². The van der Waals surface area contributed by atoms with Crippen molar-refractivity contribution in [1.82, 2.24) is 20.2 Å². The third kappa shape index (κ3) is 8.24. The number of piperazine rings is 1. The van der Waals surface area contributed by atoms with Gasteiger partial charge in [-0.1, -0.05) is 66.7 Å². The van der Waals surface area contributed by atoms with Gasteiger partial charge in [0.15, 0.2) is 6.29 Å². The van der Waals surface area contributed by atoms with Crippen LogP contribution in [-0.4, -0.2) is 82.8 Å². The number of anilines is 2. The monoisotopic (exact) mass is 692 g/mol. The average molecular weight is 693 g/mol. The van der Waals surface area contributed by atoms with Gasteiger partial charge in [0.1, 0.15) is 12.6 Å². The number of amides is 3. The highest BCUT2D eigenvalue weighted by Crippen LogP contribution is 2.39. The minimum absolute atomic E-state index is 0.0428. The van der Waals surface area contributed by atoms with Crippen LogP contribution in [0.1, 0.15) is 47.5 Å². The first-order valence-electron chi connectivity index (χ1n) is 17.1. The van der Waals surface area contributed by atoms with Crippen LogP contribution in [0.3, 0.4) is 0 Å². The zero-order valence-electron chi connectivity index (χ0n) is 28.0. The van der Waals surface area contributed by atoms with Gasteiger partial charge >= 0.3 is 6.09 Å². The van der Waals surface area contributed by atoms with E-state index in [4.69, 9.17) is 14.2 Å². The predicted octanol–water partition coefficient (Wildman–Crippen LogP) is 3.89. The first-order chi connectivity index (χ1) is 24.9. The molecule has 1 unspecified atom stereocenters. The molecule has 4 heterocycles. The fraction of sp³-hybridized carbons (Fsp3) is 0.342. The Morgan fingerprint density at radius 1 is 0.863 bits per heavy atom. The van der Waals surface area contributed by atoms with Crippen LogP contribution < -0.4 is 15.1 Å². The molecule has 0 aliphatic carbocycles. The molecule has 264 valence electrons. The highest BCUT2D eigenvalue weighted by molar-refractivity contribution is 6.22. The summed E-state index contributed by atoms with van der Waals surface area (Å²) in [4.78, 5) is 53.5. The number of carbonyl (C=O) groups is 3. The van der Waals surface area contributed by atoms with Crippen molar-refractivity contribution >= 4 is 29.5 Å². The fourth-order valence-corrected chi connectivity index (χ4v) is 6.64. The standard InChI is InChI=1S/C38H40N6O7/c45-24-26-10-12-28(13-11-26)33-21-31(23-42-16-18-43(19-17-42)37-39-14-5-15-40-37)50-36(51-33)29-8-4-9-30(20-29)44-34(46)22-32(35(44)47)41-38(48)49-25-27-6-2-1-3-7-27/h1-15,20,31-33,36,45H,16-19,21-25H2,(H,41,48)/t31-,32?,33+,36+/m0/s1. The summed E-state index contributed by atoms with van der Waals surface area (Å²) in [5, 5.41) is 12.1. The number of hydrogen-bond donors (Lipinski definition) is 2. The molecule has 1 aromatic heterocycles. The van der Waals surface area contributed by atoms with Crippen molar-refractivity contribution in [2.45, 2.75) is 50.6 Å². The van der Waals surface area contributed by atoms with Crippen LogP contribution in [0.4, 0.5) is 16.4 Å². The average Bonchev–Trinajstić information content (AvgIpc) is 3.46. The maximum atomic E-state index is 13.4. The largest absolute Gasteiger partial charge is 0.445 e. The summed E-state index contributed by atoms with van der Waals surface area (Å²) in [7, 11) is 0. The van der Waals surface area contributed by atoms with Crippen LogP contribution in [0, 0.1) is 0 Å². The van der Waals surface area contributed by atoms with Crippen LogP contribution in [0.15, 0.2) is 97.3 Å². The number of ether oxygens (including phenoxy) is 3. The molecule has 0 saturated carbocycles. The maximum Gasteiger partial charge on any atom is 0.408 e. The SMILES string of the molecule is O=C(NC1CC(=O)N(c2cccc([C@@H]3O[C@H](CN4CCN(c5ncccn5)CC4)C[C@H](c4ccc(CO)cc4)O3)c2)C1=O)OCc1ccccc1. The van der Waals surface area contributed by atoms with E-state index in [1.807, 2.05) is 66.7 Å². The second-order valence-electron chi connectivity index (χ2n) is 12.8. The third-order valence-electron chi connectivity index (χ3n) is 9.34. The summed E-state index contributed by atoms with van der Waals surface area (Å²) >= 11 is 0. The molecule has 2 N–H and O–H groups in total. The van der Waals surface area contributed by atoms with Gasteiger partial charge in [0, 0.05) is 57.1 Å². The van der Waals surface area contributed by atoms with E-state index in [0.29, 0.717) is 24.2 Å². The van der Waals surface area contributed by atoms with E-state index in [2.05, 4.69) is 25.1 Å². The summed E-state index contributed by atoms with van der Waals surface area (Å²) in [6, 6.07) is 24.7. The van der Waals surface area contributed by atoms with E-state index in [-0.39, 0.29) is 31.8 Å². The Hall–Kier alpha value is -5.21. The molecule has 4 aromatic rings. The molecule has 7 rings (SSSR count). The van der Waals surface area contributed by atoms with Gasteiger partial charge in [-0.2, -0.15) is 0 Å². The number of aliphatic hydroxyl groups excluding tert-OH is 1. The molecule has 51 heavy (non-hydrogen) atoms. The van der Waals surface area contributed by atoms with Gasteiger partial charge in [-0.15, -0.1) is 0 Å². The molecule has 13 nitrogen and oxygen atoms in total. The number of aromatic nitrogens is 2. The van der Waals surface area contributed by atoms with Crippen molar-refractivity contribution in [2.75, 3.05) is 42.5 Å². The fourth-order valence-electron chi connectivity index (χ4n) is 6.64. The second-order valence-corrected chi connectivity index (χ2v) is 12.8. The van der Waals surface area contributed by atoms with E-state index in [1.54, 1.807) is 30.6 Å². The van der Waals surface area contributed by atoms with Crippen molar-refractivity contribution in [1.29, 1.82) is 0 Å². The number of aliphatic hydroxyl groups is 1. The quantitative estimate of drug-likeness (QED) is 0.234. The van der Waals surface area contributed by atoms with E-state index >= 15 is 0 Å². The highest BCUT2D eigenvalue weighted by atomic mass is 16.7. The first-order valence-corrected chi connectivity index (χ1v) is 17.1. The van der Waals surface area contributed by atoms with E-state index in [0.717, 1.165) is 53.7 Å². The first kappa shape index (κ1) is 34.2. The molecule has 3 aromatic carbocycles. The van der Waals surface area contributed by atoms with Crippen LogP contribution in [0.5, 0.6) is 0 Å². The summed E-state index contributed by atoms with van der Waals surface area (Å²) < 4.78 is 18.4. The number of imide groups is 1. The smallest absolute Gasteiger partial charge is 0.408 e. The lowest BCUT2D eigenvalue weighted by Gasteiger charge is -2.40. The lowest BCUT2D eigenvalue weighted by Crippen LogP contribution is -2.50. The number of carbonyl (C=O) groups excluding carboxylic acids is 3. The third-order valence-corrected chi connectivity index (χ3v) is 9.34. The summed E-state index contributed by atoms with van der Waals surface area (Å²) in [6.07, 6.45) is 1.91. The van der Waals surface area contributed by atoms with Gasteiger partial charge < -0.3 is 29.5 Å². The molecule has 0 bridgehead atoms. The number of nitrogens with zero attached hydrogens (tertiary/aromatic N) is 5. The van der Waals surface area contributed by atoms with Gasteiger partial charge in [0.25, 0.3) is 5.91 Å². The van der Waals surface area contributed by atoms with Gasteiger partial charge in [-0.3, -0.25) is 14.5 Å². The maximum absolute atomic E-state index is 13.4. The summed E-state index contributed by atoms with van der Waals surface area (Å²) in [6.45, 7) is 3.91. The summed E-state index contributed by atoms with van der Waals surface area (Å²) in [5.74, 6) is -0.249. The van der Waals surface area contributed by atoms with Crippen LogP contribution >= 0.6 is 0 Å².